The van der Waals surface area contributed by atoms with E-state index in [-0.39, 0.29) is 5.91 Å². The number of carbonyl (C=O) groups excluding carboxylic acids is 1. The van der Waals surface area contributed by atoms with Gasteiger partial charge in [0.25, 0.3) is 0 Å². The van der Waals surface area contributed by atoms with E-state index in [0.29, 0.717) is 23.8 Å². The van der Waals surface area contributed by atoms with Gasteiger partial charge in [0.1, 0.15) is 12.7 Å². The van der Waals surface area contributed by atoms with Gasteiger partial charge in [0.15, 0.2) is 5.82 Å². The molecule has 0 atom stereocenters. The molecule has 0 fully saturated rings. The highest BCUT2D eigenvalue weighted by atomic mass is 35.5. The number of carbonyl (C=O) groups is 1. The number of alkyl halides is 1. The number of halogens is 1. The first-order valence-electron chi connectivity index (χ1n) is 5.97. The summed E-state index contributed by atoms with van der Waals surface area (Å²) in [5.74, 6) is 1.06. The Balaban J connectivity index is 2.06. The number of pyridine rings is 1. The van der Waals surface area contributed by atoms with Crippen LogP contribution >= 0.6 is 11.6 Å². The van der Waals surface area contributed by atoms with E-state index in [2.05, 4.69) is 20.4 Å². The summed E-state index contributed by atoms with van der Waals surface area (Å²) in [6, 6.07) is 3.54. The van der Waals surface area contributed by atoms with Gasteiger partial charge in [0.2, 0.25) is 5.91 Å². The lowest BCUT2D eigenvalue weighted by Gasteiger charge is -2.09. The van der Waals surface area contributed by atoms with Crippen LogP contribution in [0.15, 0.2) is 31.0 Å². The predicted molar refractivity (Wildman–Crippen MR) is 72.4 cm³/mol. The summed E-state index contributed by atoms with van der Waals surface area (Å²) in [5.41, 5.74) is 0.615. The molecule has 1 amide bonds. The molecule has 0 saturated carbocycles. The third-order valence-corrected chi connectivity index (χ3v) is 2.75. The fourth-order valence-corrected chi connectivity index (χ4v) is 1.78. The molecule has 0 bridgehead atoms. The first kappa shape index (κ1) is 13.5. The number of anilines is 1. The molecule has 0 aliphatic rings. The number of hydrogen-bond acceptors (Lipinski definition) is 4. The Bertz CT molecular complexity index is 529. The van der Waals surface area contributed by atoms with Gasteiger partial charge >= 0.3 is 0 Å². The van der Waals surface area contributed by atoms with Gasteiger partial charge in [0, 0.05) is 18.5 Å². The van der Waals surface area contributed by atoms with Crippen LogP contribution in [-0.2, 0) is 4.79 Å². The maximum absolute atomic E-state index is 11.8. The lowest BCUT2D eigenvalue weighted by molar-refractivity contribution is -0.116. The van der Waals surface area contributed by atoms with Crippen molar-refractivity contribution in [1.29, 1.82) is 0 Å². The zero-order valence-corrected chi connectivity index (χ0v) is 11.0. The summed E-state index contributed by atoms with van der Waals surface area (Å²) >= 11 is 5.58. The zero-order chi connectivity index (χ0) is 13.5. The van der Waals surface area contributed by atoms with Crippen LogP contribution in [-0.4, -0.2) is 31.5 Å². The molecule has 0 spiro atoms. The molecular weight excluding hydrogens is 266 g/mol. The predicted octanol–water partition coefficient (Wildman–Crippen LogP) is 2.01. The summed E-state index contributed by atoms with van der Waals surface area (Å²) in [6.07, 6.45) is 6.64. The number of hydrogen-bond donors (Lipinski definition) is 1. The minimum Gasteiger partial charge on any atom is -0.323 e. The van der Waals surface area contributed by atoms with Crippen molar-refractivity contribution < 1.29 is 4.79 Å². The molecule has 0 aliphatic heterocycles. The monoisotopic (exact) mass is 279 g/mol. The Morgan fingerprint density at radius 2 is 2.32 bits per heavy atom. The summed E-state index contributed by atoms with van der Waals surface area (Å²) in [4.78, 5) is 19.8. The van der Waals surface area contributed by atoms with Gasteiger partial charge in [-0.2, -0.15) is 5.10 Å². The van der Waals surface area contributed by atoms with E-state index in [9.17, 15) is 4.79 Å². The van der Waals surface area contributed by atoms with Crippen LogP contribution in [0, 0.1) is 0 Å². The maximum atomic E-state index is 11.8. The molecular formula is C12H14ClN5O. The average molecular weight is 280 g/mol. The van der Waals surface area contributed by atoms with Crippen molar-refractivity contribution >= 4 is 23.2 Å². The smallest absolute Gasteiger partial charge is 0.224 e. The first-order valence-corrected chi connectivity index (χ1v) is 6.50. The van der Waals surface area contributed by atoms with Crippen LogP contribution in [0.3, 0.4) is 0 Å². The molecule has 100 valence electrons. The van der Waals surface area contributed by atoms with Crippen LogP contribution in [0.5, 0.6) is 0 Å². The van der Waals surface area contributed by atoms with E-state index >= 15 is 0 Å². The van der Waals surface area contributed by atoms with E-state index in [0.717, 1.165) is 12.8 Å². The van der Waals surface area contributed by atoms with E-state index in [1.54, 1.807) is 18.3 Å². The molecule has 0 unspecified atom stereocenters. The summed E-state index contributed by atoms with van der Waals surface area (Å²) in [5, 5.41) is 6.83. The third-order valence-electron chi connectivity index (χ3n) is 2.48. The van der Waals surface area contributed by atoms with Crippen molar-refractivity contribution in [2.24, 2.45) is 0 Å². The molecule has 0 saturated heterocycles. The van der Waals surface area contributed by atoms with E-state index in [1.165, 1.54) is 17.3 Å². The maximum Gasteiger partial charge on any atom is 0.224 e. The Kier molecular flexibility index (Phi) is 4.85. The van der Waals surface area contributed by atoms with Crippen LogP contribution < -0.4 is 5.32 Å². The number of nitrogens with zero attached hydrogens (tertiary/aromatic N) is 4. The van der Waals surface area contributed by atoms with Crippen molar-refractivity contribution in [3.05, 3.63) is 31.0 Å². The van der Waals surface area contributed by atoms with Gasteiger partial charge in [-0.1, -0.05) is 0 Å². The number of amides is 1. The Labute approximate surface area is 115 Å². The summed E-state index contributed by atoms with van der Waals surface area (Å²) in [6.45, 7) is 0. The van der Waals surface area contributed by atoms with E-state index < -0.39 is 0 Å². The van der Waals surface area contributed by atoms with Crippen molar-refractivity contribution in [2.75, 3.05) is 11.2 Å². The van der Waals surface area contributed by atoms with Gasteiger partial charge in [-0.05, 0) is 25.0 Å². The molecule has 0 radical (unpaired) electrons. The van der Waals surface area contributed by atoms with Gasteiger partial charge in [-0.15, -0.1) is 11.6 Å². The molecule has 0 aliphatic carbocycles. The van der Waals surface area contributed by atoms with Crippen LogP contribution in [0.2, 0.25) is 0 Å². The van der Waals surface area contributed by atoms with Gasteiger partial charge in [0.05, 0.1) is 5.69 Å². The summed E-state index contributed by atoms with van der Waals surface area (Å²) < 4.78 is 1.51. The number of rotatable bonds is 6. The molecule has 2 aromatic heterocycles. The molecule has 2 rings (SSSR count). The first-order chi connectivity index (χ1) is 9.31. The molecule has 2 aromatic rings. The van der Waals surface area contributed by atoms with Gasteiger partial charge < -0.3 is 5.32 Å². The van der Waals surface area contributed by atoms with Crippen LogP contribution in [0.1, 0.15) is 19.3 Å². The van der Waals surface area contributed by atoms with Gasteiger partial charge in [-0.3, -0.25) is 4.79 Å². The molecule has 7 heteroatoms. The Hall–Kier alpha value is -1.95. The van der Waals surface area contributed by atoms with E-state index in [4.69, 9.17) is 11.6 Å². The number of unbranched alkanes of at least 4 members (excludes halogenated alkanes) is 1. The lowest BCUT2D eigenvalue weighted by atomic mass is 10.2. The minimum absolute atomic E-state index is 0.0560. The molecule has 1 N–H and O–H groups in total. The number of nitrogens with one attached hydrogen (secondary N) is 1. The number of aromatic nitrogens is 4. The fraction of sp³-hybridized carbons (Fsp3) is 0.333. The molecule has 6 nitrogen and oxygen atoms in total. The second-order valence-electron chi connectivity index (χ2n) is 3.91. The fourth-order valence-electron chi connectivity index (χ4n) is 1.59. The quantitative estimate of drug-likeness (QED) is 0.648. The lowest BCUT2D eigenvalue weighted by Crippen LogP contribution is -2.14. The standard InChI is InChI=1S/C12H14ClN5O/c13-6-2-1-5-11(19)17-10-4-3-7-15-12(10)18-9-14-8-16-18/h3-4,7-9H,1-2,5-6H2,(H,17,19). The molecule has 2 heterocycles. The molecule has 19 heavy (non-hydrogen) atoms. The second kappa shape index (κ2) is 6.84. The summed E-state index contributed by atoms with van der Waals surface area (Å²) in [7, 11) is 0. The van der Waals surface area contributed by atoms with Crippen molar-refractivity contribution in [2.45, 2.75) is 19.3 Å². The minimum atomic E-state index is -0.0560. The topological polar surface area (TPSA) is 72.7 Å². The largest absolute Gasteiger partial charge is 0.323 e. The highest BCUT2D eigenvalue weighted by Crippen LogP contribution is 2.16. The van der Waals surface area contributed by atoms with Gasteiger partial charge in [-0.25, -0.2) is 14.6 Å². The third kappa shape index (κ3) is 3.75. The van der Waals surface area contributed by atoms with Crippen LogP contribution in [0.25, 0.3) is 5.82 Å². The highest BCUT2D eigenvalue weighted by molar-refractivity contribution is 6.17. The second-order valence-corrected chi connectivity index (χ2v) is 4.29. The average Bonchev–Trinajstić information content (AvgIpc) is 2.93. The zero-order valence-electron chi connectivity index (χ0n) is 10.3. The van der Waals surface area contributed by atoms with E-state index in [1.807, 2.05) is 0 Å². The Morgan fingerprint density at radius 1 is 1.42 bits per heavy atom. The molecule has 0 aromatic carbocycles. The Morgan fingerprint density at radius 3 is 3.05 bits per heavy atom. The SMILES string of the molecule is O=C(CCCCCl)Nc1cccnc1-n1cncn1. The highest BCUT2D eigenvalue weighted by Gasteiger charge is 2.09. The van der Waals surface area contributed by atoms with Crippen molar-refractivity contribution in [1.82, 2.24) is 19.7 Å². The van der Waals surface area contributed by atoms with Crippen molar-refractivity contribution in [3.8, 4) is 5.82 Å². The van der Waals surface area contributed by atoms with Crippen molar-refractivity contribution in [3.63, 3.8) is 0 Å². The van der Waals surface area contributed by atoms with Crippen LogP contribution in [0.4, 0.5) is 5.69 Å². The normalized spacial score (nSPS) is 10.4.